The van der Waals surface area contributed by atoms with Crippen molar-refractivity contribution >= 4 is 22.7 Å². The van der Waals surface area contributed by atoms with E-state index in [9.17, 15) is 14.3 Å². The molecule has 260 valence electrons. The van der Waals surface area contributed by atoms with E-state index in [1.807, 2.05) is 86.6 Å². The van der Waals surface area contributed by atoms with E-state index < -0.39 is 17.7 Å². The third-order valence-corrected chi connectivity index (χ3v) is 9.89. The highest BCUT2D eigenvalue weighted by atomic mass is 19.1. The van der Waals surface area contributed by atoms with Gasteiger partial charge in [0.1, 0.15) is 17.1 Å². The van der Waals surface area contributed by atoms with Crippen molar-refractivity contribution in [3.63, 3.8) is 0 Å². The number of rotatable bonds is 11. The summed E-state index contributed by atoms with van der Waals surface area (Å²) in [4.78, 5) is 18.5. The Bertz CT molecular complexity index is 2210. The summed E-state index contributed by atoms with van der Waals surface area (Å²) in [5.74, 6) is -0.363. The number of fused-ring (bicyclic) bond motifs is 1. The number of aryl methyl sites for hydroxylation is 1. The maximum absolute atomic E-state index is 13.7. The number of nitrogen functional groups attached to an aromatic ring is 1. The molecule has 0 unspecified atom stereocenters. The molecule has 0 spiro atoms. The maximum Gasteiger partial charge on any atom is 0.407 e. The quantitative estimate of drug-likeness (QED) is 0.104. The number of pyridine rings is 1. The van der Waals surface area contributed by atoms with Gasteiger partial charge < -0.3 is 15.7 Å². The van der Waals surface area contributed by atoms with E-state index in [4.69, 9.17) is 10.8 Å². The predicted octanol–water partition coefficient (Wildman–Crippen LogP) is 9.64. The molecule has 0 bridgehead atoms. The average molecular weight is 690 g/mol. The van der Waals surface area contributed by atoms with Gasteiger partial charge in [-0.15, -0.1) is 0 Å². The standard InChI is InChI=1S/C44H40FN5O2/c1-3-40(31-19-21-37(45)22-20-31)49(43(51)52)26-24-32-28-38-41(29-39(32)46)50(48-42(38)33-23-25-47-30(2)27-33)44(34-13-7-4-8-14-34,35-15-9-5-10-16-35)36-17-11-6-12-18-36/h4-23,25,27-29,40H,3,24,26,46H2,1-2H3,(H,51,52)/t40-/m1/s1. The Kier molecular flexibility index (Phi) is 9.55. The Balaban J connectivity index is 1.44. The summed E-state index contributed by atoms with van der Waals surface area (Å²) in [6, 6.07) is 44.7. The van der Waals surface area contributed by atoms with Crippen LogP contribution in [0.25, 0.3) is 22.2 Å². The Morgan fingerprint density at radius 1 is 0.846 bits per heavy atom. The Morgan fingerprint density at radius 3 is 1.94 bits per heavy atom. The topological polar surface area (TPSA) is 97.3 Å². The van der Waals surface area contributed by atoms with Crippen molar-refractivity contribution in [3.8, 4) is 11.3 Å². The maximum atomic E-state index is 13.7. The highest BCUT2D eigenvalue weighted by Crippen LogP contribution is 2.44. The van der Waals surface area contributed by atoms with Crippen LogP contribution in [0.15, 0.2) is 146 Å². The number of hydrogen-bond donors (Lipinski definition) is 2. The van der Waals surface area contributed by atoms with Gasteiger partial charge >= 0.3 is 6.09 Å². The lowest BCUT2D eigenvalue weighted by Gasteiger charge is -2.37. The molecule has 0 fully saturated rings. The van der Waals surface area contributed by atoms with Crippen molar-refractivity contribution in [1.29, 1.82) is 0 Å². The van der Waals surface area contributed by atoms with Crippen LogP contribution in [0, 0.1) is 12.7 Å². The summed E-state index contributed by atoms with van der Waals surface area (Å²) in [5, 5.41) is 16.7. The Morgan fingerprint density at radius 2 is 1.42 bits per heavy atom. The second-order valence-electron chi connectivity index (χ2n) is 13.0. The second-order valence-corrected chi connectivity index (χ2v) is 13.0. The van der Waals surface area contributed by atoms with E-state index in [2.05, 4.69) is 52.1 Å². The lowest BCUT2D eigenvalue weighted by atomic mass is 9.77. The summed E-state index contributed by atoms with van der Waals surface area (Å²) in [6.45, 7) is 4.08. The van der Waals surface area contributed by atoms with Gasteiger partial charge in [0.15, 0.2) is 0 Å². The molecule has 3 N–H and O–H groups in total. The van der Waals surface area contributed by atoms with Crippen LogP contribution in [0.1, 0.15) is 52.9 Å². The number of aromatic nitrogens is 3. The molecule has 0 saturated heterocycles. The van der Waals surface area contributed by atoms with Crippen LogP contribution in [0.3, 0.4) is 0 Å². The zero-order valence-corrected chi connectivity index (χ0v) is 29.2. The molecule has 2 heterocycles. The first-order chi connectivity index (χ1) is 25.3. The van der Waals surface area contributed by atoms with Gasteiger partial charge in [-0.3, -0.25) is 4.98 Å². The van der Waals surface area contributed by atoms with Crippen molar-refractivity contribution in [2.45, 2.75) is 38.3 Å². The normalized spacial score (nSPS) is 12.1. The van der Waals surface area contributed by atoms with Crippen LogP contribution in [0.2, 0.25) is 0 Å². The minimum absolute atomic E-state index is 0.195. The number of carbonyl (C=O) groups is 1. The highest BCUT2D eigenvalue weighted by Gasteiger charge is 2.41. The number of nitrogens with zero attached hydrogens (tertiary/aromatic N) is 4. The third kappa shape index (κ3) is 6.28. The van der Waals surface area contributed by atoms with Gasteiger partial charge in [-0.2, -0.15) is 5.10 Å². The van der Waals surface area contributed by atoms with E-state index in [-0.39, 0.29) is 12.4 Å². The molecule has 0 aliphatic heterocycles. The van der Waals surface area contributed by atoms with Crippen molar-refractivity contribution < 1.29 is 14.3 Å². The summed E-state index contributed by atoms with van der Waals surface area (Å²) in [6.07, 6.45) is 1.64. The minimum atomic E-state index is -1.05. The fourth-order valence-corrected chi connectivity index (χ4v) is 7.45. The van der Waals surface area contributed by atoms with E-state index in [0.717, 1.165) is 55.7 Å². The summed E-state index contributed by atoms with van der Waals surface area (Å²) in [7, 11) is 0. The van der Waals surface area contributed by atoms with Gasteiger partial charge in [0, 0.05) is 35.1 Å². The van der Waals surface area contributed by atoms with E-state index >= 15 is 0 Å². The molecule has 7 nitrogen and oxygen atoms in total. The second kappa shape index (κ2) is 14.5. The van der Waals surface area contributed by atoms with Gasteiger partial charge in [-0.1, -0.05) is 110 Å². The Labute approximate surface area is 302 Å². The molecule has 0 radical (unpaired) electrons. The van der Waals surface area contributed by atoms with Gasteiger partial charge in [0.05, 0.1) is 11.6 Å². The van der Waals surface area contributed by atoms with E-state index in [0.29, 0.717) is 18.5 Å². The average Bonchev–Trinajstić information content (AvgIpc) is 3.53. The zero-order valence-electron chi connectivity index (χ0n) is 29.2. The minimum Gasteiger partial charge on any atom is -0.465 e. The van der Waals surface area contributed by atoms with Gasteiger partial charge in [0.25, 0.3) is 0 Å². The van der Waals surface area contributed by atoms with Crippen molar-refractivity contribution in [2.24, 2.45) is 0 Å². The molecule has 1 amide bonds. The number of amides is 1. The summed E-state index contributed by atoms with van der Waals surface area (Å²) < 4.78 is 15.8. The first-order valence-electron chi connectivity index (χ1n) is 17.5. The van der Waals surface area contributed by atoms with Crippen molar-refractivity contribution in [2.75, 3.05) is 12.3 Å². The molecule has 7 rings (SSSR count). The van der Waals surface area contributed by atoms with Crippen LogP contribution in [0.4, 0.5) is 14.9 Å². The van der Waals surface area contributed by atoms with Gasteiger partial charge in [-0.05, 0) is 84.0 Å². The van der Waals surface area contributed by atoms with Gasteiger partial charge in [0.2, 0.25) is 0 Å². The molecule has 2 aromatic heterocycles. The van der Waals surface area contributed by atoms with Gasteiger partial charge in [-0.25, -0.2) is 13.9 Å². The predicted molar refractivity (Wildman–Crippen MR) is 205 cm³/mol. The largest absolute Gasteiger partial charge is 0.465 e. The molecule has 0 saturated carbocycles. The third-order valence-electron chi connectivity index (χ3n) is 9.89. The number of hydrogen-bond acceptors (Lipinski definition) is 4. The van der Waals surface area contributed by atoms with Crippen LogP contribution in [0.5, 0.6) is 0 Å². The fourth-order valence-electron chi connectivity index (χ4n) is 7.45. The molecule has 7 aromatic rings. The molecule has 52 heavy (non-hydrogen) atoms. The number of anilines is 1. The first-order valence-corrected chi connectivity index (χ1v) is 17.5. The number of carboxylic acid groups (broad SMARTS) is 1. The van der Waals surface area contributed by atoms with Crippen LogP contribution < -0.4 is 5.73 Å². The van der Waals surface area contributed by atoms with Crippen molar-refractivity contribution in [3.05, 3.63) is 185 Å². The molecule has 1 atom stereocenters. The van der Waals surface area contributed by atoms with Crippen LogP contribution in [-0.4, -0.2) is 37.4 Å². The molecular formula is C44H40FN5O2. The first kappa shape index (κ1) is 34.2. The molecule has 0 aliphatic rings. The molecule has 0 aliphatic carbocycles. The SMILES string of the molecule is CC[C@H](c1ccc(F)cc1)N(CCc1cc2c(-c3ccnc(C)c3)nn(C(c3ccccc3)(c3ccccc3)c3ccccc3)c2cc1N)C(=O)O. The lowest BCUT2D eigenvalue weighted by Crippen LogP contribution is -2.38. The summed E-state index contributed by atoms with van der Waals surface area (Å²) >= 11 is 0. The fraction of sp³-hybridized carbons (Fsp3) is 0.159. The molecule has 8 heteroatoms. The number of nitrogens with two attached hydrogens (primary N) is 1. The zero-order chi connectivity index (χ0) is 36.2. The molecule has 5 aromatic carbocycles. The number of halogens is 1. The van der Waals surface area contributed by atoms with Crippen LogP contribution in [-0.2, 0) is 12.0 Å². The van der Waals surface area contributed by atoms with E-state index in [1.54, 1.807) is 18.3 Å². The smallest absolute Gasteiger partial charge is 0.407 e. The number of benzene rings is 5. The Hall–Kier alpha value is -6.28. The lowest BCUT2D eigenvalue weighted by molar-refractivity contribution is 0.123. The van der Waals surface area contributed by atoms with Crippen molar-refractivity contribution in [1.82, 2.24) is 19.7 Å². The highest BCUT2D eigenvalue weighted by molar-refractivity contribution is 5.96. The monoisotopic (exact) mass is 689 g/mol. The molecular weight excluding hydrogens is 650 g/mol. The summed E-state index contributed by atoms with van der Waals surface area (Å²) in [5.41, 5.74) is 14.6. The van der Waals surface area contributed by atoms with E-state index in [1.165, 1.54) is 17.0 Å². The van der Waals surface area contributed by atoms with Crippen LogP contribution >= 0.6 is 0 Å².